The number of benzene rings is 1. The van der Waals surface area contributed by atoms with E-state index in [0.717, 1.165) is 37.6 Å². The molecule has 1 fully saturated rings. The number of nitrogens with one attached hydrogen (secondary N) is 1. The van der Waals surface area contributed by atoms with Crippen LogP contribution in [0.5, 0.6) is 5.75 Å². The van der Waals surface area contributed by atoms with Crippen LogP contribution in [0.4, 0.5) is 5.69 Å². The zero-order valence-electron chi connectivity index (χ0n) is 10.4. The van der Waals surface area contributed by atoms with E-state index >= 15 is 0 Å². The maximum Gasteiger partial charge on any atom is 0.145 e. The molecule has 1 aromatic rings. The van der Waals surface area contributed by atoms with Gasteiger partial charge in [-0.25, -0.2) is 0 Å². The van der Waals surface area contributed by atoms with E-state index in [1.165, 1.54) is 29.5 Å². The second-order valence-corrected chi connectivity index (χ2v) is 5.13. The smallest absolute Gasteiger partial charge is 0.145 e. The highest BCUT2D eigenvalue weighted by molar-refractivity contribution is 5.64. The number of ether oxygens (including phenoxy) is 1. The van der Waals surface area contributed by atoms with Crippen molar-refractivity contribution in [1.29, 1.82) is 0 Å². The first kappa shape index (κ1) is 10.9. The largest absolute Gasteiger partial charge is 0.491 e. The van der Waals surface area contributed by atoms with Crippen molar-refractivity contribution >= 4 is 5.69 Å². The topological polar surface area (TPSA) is 47.3 Å². The van der Waals surface area contributed by atoms with E-state index < -0.39 is 0 Å². The van der Waals surface area contributed by atoms with E-state index in [2.05, 4.69) is 18.3 Å². The van der Waals surface area contributed by atoms with Crippen LogP contribution >= 0.6 is 0 Å². The van der Waals surface area contributed by atoms with E-state index in [-0.39, 0.29) is 0 Å². The number of hydrogen-bond acceptors (Lipinski definition) is 3. The average Bonchev–Trinajstić information content (AvgIpc) is 2.79. The van der Waals surface area contributed by atoms with Crippen LogP contribution in [0.15, 0.2) is 6.07 Å². The molecular formula is C14H20N2O. The zero-order chi connectivity index (χ0) is 11.8. The highest BCUT2D eigenvalue weighted by Crippen LogP contribution is 2.41. The summed E-state index contributed by atoms with van der Waals surface area (Å²) in [6, 6.07) is 2.08. The minimum atomic E-state index is 0.687. The first-order chi connectivity index (χ1) is 8.27. The lowest BCUT2D eigenvalue weighted by Gasteiger charge is -2.26. The van der Waals surface area contributed by atoms with Gasteiger partial charge >= 0.3 is 0 Å². The second-order valence-electron chi connectivity index (χ2n) is 5.13. The van der Waals surface area contributed by atoms with E-state index in [4.69, 9.17) is 10.5 Å². The highest BCUT2D eigenvalue weighted by atomic mass is 16.5. The molecule has 3 nitrogen and oxygen atoms in total. The summed E-state index contributed by atoms with van der Waals surface area (Å²) in [4.78, 5) is 0. The van der Waals surface area contributed by atoms with Gasteiger partial charge in [-0.05, 0) is 56.0 Å². The lowest BCUT2D eigenvalue weighted by Crippen LogP contribution is -2.27. The summed E-state index contributed by atoms with van der Waals surface area (Å²) in [6.45, 7) is 5.24. The van der Waals surface area contributed by atoms with Gasteiger partial charge in [-0.1, -0.05) is 0 Å². The molecule has 0 aliphatic carbocycles. The minimum Gasteiger partial charge on any atom is -0.491 e. The maximum absolute atomic E-state index is 6.03. The van der Waals surface area contributed by atoms with Gasteiger partial charge in [-0.2, -0.15) is 0 Å². The number of piperidine rings is 1. The highest BCUT2D eigenvalue weighted by Gasteiger charge is 2.26. The molecule has 1 aromatic carbocycles. The first-order valence-corrected chi connectivity index (χ1v) is 6.52. The third-order valence-corrected chi connectivity index (χ3v) is 4.00. The van der Waals surface area contributed by atoms with Gasteiger partial charge in [0.05, 0.1) is 12.3 Å². The van der Waals surface area contributed by atoms with Gasteiger partial charge in [0.1, 0.15) is 5.75 Å². The van der Waals surface area contributed by atoms with Crippen LogP contribution in [0.2, 0.25) is 0 Å². The third-order valence-electron chi connectivity index (χ3n) is 4.00. The molecule has 1 saturated heterocycles. The number of nitrogen functional groups attached to an aromatic ring is 1. The standard InChI is InChI=1S/C14H20N2O/c1-9-8-12(15)14-11(4-7-17-14)13(9)10-2-5-16-6-3-10/h8,10,16H,2-7,15H2,1H3. The lowest BCUT2D eigenvalue weighted by atomic mass is 9.83. The molecule has 0 atom stereocenters. The quantitative estimate of drug-likeness (QED) is 0.728. The van der Waals surface area contributed by atoms with Crippen LogP contribution in [0.25, 0.3) is 0 Å². The molecule has 2 aliphatic rings. The van der Waals surface area contributed by atoms with Crippen molar-refractivity contribution in [3.63, 3.8) is 0 Å². The van der Waals surface area contributed by atoms with Crippen molar-refractivity contribution in [2.75, 3.05) is 25.4 Å². The summed E-state index contributed by atoms with van der Waals surface area (Å²) in [7, 11) is 0. The number of aryl methyl sites for hydroxylation is 1. The van der Waals surface area contributed by atoms with E-state index in [0.29, 0.717) is 5.92 Å². The first-order valence-electron chi connectivity index (χ1n) is 6.52. The fourth-order valence-electron chi connectivity index (χ4n) is 3.26. The normalized spacial score (nSPS) is 20.1. The molecule has 0 amide bonds. The Kier molecular flexibility index (Phi) is 2.71. The Hall–Kier alpha value is -1.22. The van der Waals surface area contributed by atoms with E-state index in [1.54, 1.807) is 0 Å². The summed E-state index contributed by atoms with van der Waals surface area (Å²) < 4.78 is 5.68. The Bertz CT molecular complexity index is 436. The Labute approximate surface area is 102 Å². The maximum atomic E-state index is 6.03. The number of fused-ring (bicyclic) bond motifs is 1. The molecule has 0 spiro atoms. The van der Waals surface area contributed by atoms with Crippen LogP contribution in [0, 0.1) is 6.92 Å². The molecule has 17 heavy (non-hydrogen) atoms. The summed E-state index contributed by atoms with van der Waals surface area (Å²) >= 11 is 0. The van der Waals surface area contributed by atoms with Gasteiger partial charge < -0.3 is 15.8 Å². The minimum absolute atomic E-state index is 0.687. The van der Waals surface area contributed by atoms with Crippen molar-refractivity contribution in [1.82, 2.24) is 5.32 Å². The van der Waals surface area contributed by atoms with Crippen molar-refractivity contribution in [3.05, 3.63) is 22.8 Å². The Balaban J connectivity index is 2.06. The molecule has 92 valence electrons. The molecule has 0 bridgehead atoms. The third kappa shape index (κ3) is 1.78. The summed E-state index contributed by atoms with van der Waals surface area (Å²) in [5.41, 5.74) is 11.1. The predicted molar refractivity (Wildman–Crippen MR) is 69.6 cm³/mol. The molecule has 0 radical (unpaired) electrons. The predicted octanol–water partition coefficient (Wildman–Crippen LogP) is 1.98. The fourth-order valence-corrected chi connectivity index (χ4v) is 3.26. The van der Waals surface area contributed by atoms with Crippen molar-refractivity contribution in [2.24, 2.45) is 0 Å². The van der Waals surface area contributed by atoms with Gasteiger partial charge in [0, 0.05) is 12.0 Å². The monoisotopic (exact) mass is 232 g/mol. The fraction of sp³-hybridized carbons (Fsp3) is 0.571. The van der Waals surface area contributed by atoms with Gasteiger partial charge in [-0.15, -0.1) is 0 Å². The van der Waals surface area contributed by atoms with E-state index in [1.807, 2.05) is 0 Å². The molecule has 0 saturated carbocycles. The van der Waals surface area contributed by atoms with Crippen LogP contribution in [0.3, 0.4) is 0 Å². The van der Waals surface area contributed by atoms with E-state index in [9.17, 15) is 0 Å². The summed E-state index contributed by atoms with van der Waals surface area (Å²) in [5.74, 6) is 1.65. The molecular weight excluding hydrogens is 212 g/mol. The molecule has 3 rings (SSSR count). The average molecular weight is 232 g/mol. The number of anilines is 1. The van der Waals surface area contributed by atoms with Crippen molar-refractivity contribution < 1.29 is 4.74 Å². The molecule has 3 N–H and O–H groups in total. The zero-order valence-corrected chi connectivity index (χ0v) is 10.4. The molecule has 2 aliphatic heterocycles. The number of hydrogen-bond donors (Lipinski definition) is 2. The lowest BCUT2D eigenvalue weighted by molar-refractivity contribution is 0.358. The summed E-state index contributed by atoms with van der Waals surface area (Å²) in [5, 5.41) is 3.43. The van der Waals surface area contributed by atoms with Crippen LogP contribution in [0.1, 0.15) is 35.4 Å². The Morgan fingerprint density at radius 1 is 1.35 bits per heavy atom. The SMILES string of the molecule is Cc1cc(N)c2c(c1C1CCNCC1)CCO2. The second kappa shape index (κ2) is 4.22. The van der Waals surface area contributed by atoms with Gasteiger partial charge in [0.2, 0.25) is 0 Å². The van der Waals surface area contributed by atoms with Crippen LogP contribution in [-0.4, -0.2) is 19.7 Å². The van der Waals surface area contributed by atoms with Gasteiger partial charge in [0.25, 0.3) is 0 Å². The molecule has 0 unspecified atom stereocenters. The molecule has 2 heterocycles. The van der Waals surface area contributed by atoms with Gasteiger partial charge in [-0.3, -0.25) is 0 Å². The van der Waals surface area contributed by atoms with Crippen molar-refractivity contribution in [3.8, 4) is 5.75 Å². The van der Waals surface area contributed by atoms with Gasteiger partial charge in [0.15, 0.2) is 0 Å². The molecule has 0 aromatic heterocycles. The Morgan fingerprint density at radius 3 is 2.88 bits per heavy atom. The number of nitrogens with two attached hydrogens (primary N) is 1. The van der Waals surface area contributed by atoms with Crippen molar-refractivity contribution in [2.45, 2.75) is 32.1 Å². The Morgan fingerprint density at radius 2 is 2.12 bits per heavy atom. The van der Waals surface area contributed by atoms with Crippen LogP contribution < -0.4 is 15.8 Å². The molecule has 3 heteroatoms. The van der Waals surface area contributed by atoms with Crippen LogP contribution in [-0.2, 0) is 6.42 Å². The summed E-state index contributed by atoms with van der Waals surface area (Å²) in [6.07, 6.45) is 3.49. The number of rotatable bonds is 1.